The molecule has 3 nitrogen and oxygen atoms in total. The van der Waals surface area contributed by atoms with Crippen LogP contribution in [0.2, 0.25) is 0 Å². The monoisotopic (exact) mass is 153 g/mol. The van der Waals surface area contributed by atoms with E-state index in [0.29, 0.717) is 6.04 Å². The van der Waals surface area contributed by atoms with Crippen LogP contribution in [-0.4, -0.2) is 16.7 Å². The van der Waals surface area contributed by atoms with Gasteiger partial charge in [0.15, 0.2) is 0 Å². The van der Waals surface area contributed by atoms with Crippen LogP contribution in [0.4, 0.5) is 0 Å². The Morgan fingerprint density at radius 3 is 2.91 bits per heavy atom. The van der Waals surface area contributed by atoms with Crippen LogP contribution < -0.4 is 5.32 Å². The van der Waals surface area contributed by atoms with Crippen LogP contribution in [0.3, 0.4) is 0 Å². The first kappa shape index (κ1) is 8.27. The quantitative estimate of drug-likeness (QED) is 0.689. The summed E-state index contributed by atoms with van der Waals surface area (Å²) in [7, 11) is 0. The normalized spacial score (nSPS) is 13.4. The highest BCUT2D eigenvalue weighted by molar-refractivity contribution is 5.10. The number of nitrogens with zero attached hydrogens (tertiary/aromatic N) is 1. The number of aromatic nitrogens is 2. The second-order valence-corrected chi connectivity index (χ2v) is 2.76. The Hall–Kier alpha value is -0.830. The lowest BCUT2D eigenvalue weighted by molar-refractivity contribution is 0.582. The molecule has 0 radical (unpaired) electrons. The van der Waals surface area contributed by atoms with Crippen molar-refractivity contribution in [2.24, 2.45) is 0 Å². The summed E-state index contributed by atoms with van der Waals surface area (Å²) >= 11 is 0. The first-order valence-corrected chi connectivity index (χ1v) is 3.99. The predicted octanol–water partition coefficient (Wildman–Crippen LogP) is 1.39. The zero-order valence-electron chi connectivity index (χ0n) is 7.31. The lowest BCUT2D eigenvalue weighted by atomic mass is 10.2. The van der Waals surface area contributed by atoms with E-state index in [2.05, 4.69) is 35.4 Å². The summed E-state index contributed by atoms with van der Waals surface area (Å²) in [4.78, 5) is 0. The van der Waals surface area contributed by atoms with Crippen molar-refractivity contribution in [3.05, 3.63) is 17.5 Å². The number of rotatable bonds is 3. The molecule has 1 unspecified atom stereocenters. The van der Waals surface area contributed by atoms with Crippen LogP contribution in [0.5, 0.6) is 0 Å². The summed E-state index contributed by atoms with van der Waals surface area (Å²) in [6.07, 6.45) is 0. The second kappa shape index (κ2) is 3.53. The topological polar surface area (TPSA) is 40.7 Å². The molecule has 0 aliphatic carbocycles. The smallest absolute Gasteiger partial charge is 0.0791 e. The maximum atomic E-state index is 4.15. The Balaban J connectivity index is 2.60. The fourth-order valence-electron chi connectivity index (χ4n) is 1.07. The molecule has 0 bridgehead atoms. The van der Waals surface area contributed by atoms with Gasteiger partial charge in [-0.1, -0.05) is 6.92 Å². The standard InChI is InChI=1S/C8H15N3/c1-4-9-7(3)8-5-6(2)10-11-8/h5,7,9H,4H2,1-3H3,(H,10,11). The number of hydrogen-bond donors (Lipinski definition) is 2. The van der Waals surface area contributed by atoms with Crippen LogP contribution in [0.1, 0.15) is 31.3 Å². The van der Waals surface area contributed by atoms with E-state index in [1.165, 1.54) is 0 Å². The first-order valence-electron chi connectivity index (χ1n) is 3.99. The molecule has 0 spiro atoms. The van der Waals surface area contributed by atoms with Crippen molar-refractivity contribution < 1.29 is 0 Å². The van der Waals surface area contributed by atoms with E-state index in [4.69, 9.17) is 0 Å². The Morgan fingerprint density at radius 1 is 1.73 bits per heavy atom. The molecule has 0 aliphatic heterocycles. The van der Waals surface area contributed by atoms with Gasteiger partial charge in [0.1, 0.15) is 0 Å². The van der Waals surface area contributed by atoms with Crippen LogP contribution >= 0.6 is 0 Å². The molecule has 62 valence electrons. The minimum absolute atomic E-state index is 0.352. The molecule has 0 aromatic carbocycles. The fourth-order valence-corrected chi connectivity index (χ4v) is 1.07. The van der Waals surface area contributed by atoms with E-state index >= 15 is 0 Å². The molecule has 1 aromatic rings. The molecule has 1 rings (SSSR count). The van der Waals surface area contributed by atoms with E-state index < -0.39 is 0 Å². The Morgan fingerprint density at radius 2 is 2.45 bits per heavy atom. The van der Waals surface area contributed by atoms with Crippen LogP contribution in [0.25, 0.3) is 0 Å². The summed E-state index contributed by atoms with van der Waals surface area (Å²) in [6, 6.07) is 2.41. The minimum Gasteiger partial charge on any atom is -0.309 e. The van der Waals surface area contributed by atoms with E-state index in [0.717, 1.165) is 17.9 Å². The number of hydrogen-bond acceptors (Lipinski definition) is 2. The number of aryl methyl sites for hydroxylation is 1. The molecule has 0 amide bonds. The van der Waals surface area contributed by atoms with Gasteiger partial charge in [-0.3, -0.25) is 5.10 Å². The van der Waals surface area contributed by atoms with Crippen LogP contribution in [0.15, 0.2) is 6.07 Å². The zero-order valence-corrected chi connectivity index (χ0v) is 7.31. The average Bonchev–Trinajstić information content (AvgIpc) is 2.36. The molecule has 0 saturated carbocycles. The highest BCUT2D eigenvalue weighted by Crippen LogP contribution is 2.08. The van der Waals surface area contributed by atoms with E-state index in [1.807, 2.05) is 6.92 Å². The van der Waals surface area contributed by atoms with Crippen molar-refractivity contribution in [3.8, 4) is 0 Å². The summed E-state index contributed by atoms with van der Waals surface area (Å²) in [6.45, 7) is 7.19. The molecular weight excluding hydrogens is 138 g/mol. The van der Waals surface area contributed by atoms with Gasteiger partial charge in [-0.2, -0.15) is 5.10 Å². The number of aromatic amines is 1. The van der Waals surface area contributed by atoms with E-state index in [-0.39, 0.29) is 0 Å². The van der Waals surface area contributed by atoms with Crippen molar-refractivity contribution >= 4 is 0 Å². The summed E-state index contributed by atoms with van der Waals surface area (Å²) in [5, 5.41) is 10.4. The lowest BCUT2D eigenvalue weighted by Crippen LogP contribution is -2.17. The maximum Gasteiger partial charge on any atom is 0.0791 e. The van der Waals surface area contributed by atoms with Gasteiger partial charge in [0.2, 0.25) is 0 Å². The molecule has 0 saturated heterocycles. The molecule has 3 heteroatoms. The van der Waals surface area contributed by atoms with E-state index in [9.17, 15) is 0 Å². The molecule has 2 N–H and O–H groups in total. The van der Waals surface area contributed by atoms with Crippen molar-refractivity contribution in [2.45, 2.75) is 26.8 Å². The fraction of sp³-hybridized carbons (Fsp3) is 0.625. The largest absolute Gasteiger partial charge is 0.309 e. The molecule has 1 atom stereocenters. The Bertz CT molecular complexity index is 217. The molecule has 0 aliphatic rings. The van der Waals surface area contributed by atoms with Crippen LogP contribution in [-0.2, 0) is 0 Å². The molecule has 11 heavy (non-hydrogen) atoms. The molecule has 0 fully saturated rings. The predicted molar refractivity (Wildman–Crippen MR) is 45.4 cm³/mol. The zero-order chi connectivity index (χ0) is 8.27. The number of H-pyrrole nitrogens is 1. The van der Waals surface area contributed by atoms with Gasteiger partial charge < -0.3 is 5.32 Å². The Labute approximate surface area is 67.2 Å². The van der Waals surface area contributed by atoms with Crippen molar-refractivity contribution in [3.63, 3.8) is 0 Å². The van der Waals surface area contributed by atoms with Gasteiger partial charge in [-0.15, -0.1) is 0 Å². The Kier molecular flexibility index (Phi) is 2.65. The summed E-state index contributed by atoms with van der Waals surface area (Å²) in [5.74, 6) is 0. The third kappa shape index (κ3) is 2.05. The summed E-state index contributed by atoms with van der Waals surface area (Å²) in [5.41, 5.74) is 2.20. The summed E-state index contributed by atoms with van der Waals surface area (Å²) < 4.78 is 0. The van der Waals surface area contributed by atoms with Gasteiger partial charge in [-0.05, 0) is 26.5 Å². The SMILES string of the molecule is CCNC(C)c1cc(C)[nH]n1. The third-order valence-corrected chi connectivity index (χ3v) is 1.68. The van der Waals surface area contributed by atoms with E-state index in [1.54, 1.807) is 0 Å². The lowest BCUT2D eigenvalue weighted by Gasteiger charge is -2.07. The molecule has 1 aromatic heterocycles. The first-order chi connectivity index (χ1) is 5.24. The van der Waals surface area contributed by atoms with Gasteiger partial charge in [-0.25, -0.2) is 0 Å². The van der Waals surface area contributed by atoms with Crippen LogP contribution in [0, 0.1) is 6.92 Å². The van der Waals surface area contributed by atoms with Crippen molar-refractivity contribution in [2.75, 3.05) is 6.54 Å². The van der Waals surface area contributed by atoms with Gasteiger partial charge in [0.25, 0.3) is 0 Å². The van der Waals surface area contributed by atoms with Crippen molar-refractivity contribution in [1.82, 2.24) is 15.5 Å². The van der Waals surface area contributed by atoms with Gasteiger partial charge >= 0.3 is 0 Å². The van der Waals surface area contributed by atoms with Gasteiger partial charge in [0, 0.05) is 11.7 Å². The molecular formula is C8H15N3. The average molecular weight is 153 g/mol. The highest BCUT2D eigenvalue weighted by atomic mass is 15.1. The number of nitrogens with one attached hydrogen (secondary N) is 2. The maximum absolute atomic E-state index is 4.15. The minimum atomic E-state index is 0.352. The highest BCUT2D eigenvalue weighted by Gasteiger charge is 2.05. The van der Waals surface area contributed by atoms with Crippen molar-refractivity contribution in [1.29, 1.82) is 0 Å². The second-order valence-electron chi connectivity index (χ2n) is 2.76. The third-order valence-electron chi connectivity index (χ3n) is 1.68. The molecule has 1 heterocycles. The van der Waals surface area contributed by atoms with Gasteiger partial charge in [0.05, 0.1) is 5.69 Å².